The standard InChI is InChI=1S/C19H22F3N3O4/c1-29-14-9-5-8-13(10-14)15(26)23-18(19(20,21)22)16(27)25(17(28)24-18)11-12-6-3-2-4-7-12/h5,8-10,12H,2-4,6-7,11H2,1H3,(H,23,26)(H,24,28)/t18-/m1/s1. The van der Waals surface area contributed by atoms with Crippen LogP contribution in [0.25, 0.3) is 0 Å². The second kappa shape index (κ2) is 7.92. The van der Waals surface area contributed by atoms with Gasteiger partial charge in [-0.05, 0) is 37.0 Å². The first kappa shape index (κ1) is 20.9. The summed E-state index contributed by atoms with van der Waals surface area (Å²) >= 11 is 0. The van der Waals surface area contributed by atoms with Crippen molar-refractivity contribution in [1.29, 1.82) is 0 Å². The molecule has 10 heteroatoms. The first-order chi connectivity index (χ1) is 13.7. The number of imide groups is 1. The number of carbonyl (C=O) groups is 3. The first-order valence-corrected chi connectivity index (χ1v) is 9.35. The lowest BCUT2D eigenvalue weighted by Gasteiger charge is -2.30. The number of rotatable bonds is 5. The SMILES string of the molecule is COc1cccc(C(=O)N[C@@]2(C(F)(F)F)NC(=O)N(CC3CCCCC3)C2=O)c1. The molecule has 0 unspecified atom stereocenters. The Labute approximate surface area is 165 Å². The molecule has 29 heavy (non-hydrogen) atoms. The molecule has 0 aromatic heterocycles. The van der Waals surface area contributed by atoms with E-state index in [9.17, 15) is 27.6 Å². The average molecular weight is 413 g/mol. The zero-order valence-electron chi connectivity index (χ0n) is 15.8. The Morgan fingerprint density at radius 3 is 2.59 bits per heavy atom. The molecular weight excluding hydrogens is 391 g/mol. The monoisotopic (exact) mass is 413 g/mol. The van der Waals surface area contributed by atoms with Crippen LogP contribution in [-0.4, -0.2) is 48.2 Å². The number of carbonyl (C=O) groups excluding carboxylic acids is 3. The maximum absolute atomic E-state index is 13.9. The number of methoxy groups -OCH3 is 1. The van der Waals surface area contributed by atoms with Crippen molar-refractivity contribution in [1.82, 2.24) is 15.5 Å². The number of nitrogens with zero attached hydrogens (tertiary/aromatic N) is 1. The van der Waals surface area contributed by atoms with E-state index in [1.807, 2.05) is 0 Å². The number of halogens is 3. The number of urea groups is 1. The third-order valence-corrected chi connectivity index (χ3v) is 5.33. The van der Waals surface area contributed by atoms with E-state index in [0.717, 1.165) is 32.1 Å². The molecule has 1 aromatic rings. The van der Waals surface area contributed by atoms with Crippen molar-refractivity contribution >= 4 is 17.8 Å². The smallest absolute Gasteiger partial charge is 0.440 e. The lowest BCUT2D eigenvalue weighted by atomic mass is 9.89. The molecule has 0 bridgehead atoms. The average Bonchev–Trinajstić information content (AvgIpc) is 2.93. The highest BCUT2D eigenvalue weighted by Gasteiger charge is 2.68. The van der Waals surface area contributed by atoms with Gasteiger partial charge in [0.05, 0.1) is 7.11 Å². The molecule has 2 N–H and O–H groups in total. The molecular formula is C19H22F3N3O4. The van der Waals surface area contributed by atoms with Crippen LogP contribution in [0.2, 0.25) is 0 Å². The minimum absolute atomic E-state index is 0.0448. The number of amides is 4. The van der Waals surface area contributed by atoms with Crippen molar-refractivity contribution in [3.05, 3.63) is 29.8 Å². The molecule has 158 valence electrons. The molecule has 3 rings (SSSR count). The Kier molecular flexibility index (Phi) is 5.72. The highest BCUT2D eigenvalue weighted by molar-refractivity contribution is 6.10. The van der Waals surface area contributed by atoms with Gasteiger partial charge in [-0.3, -0.25) is 19.8 Å². The molecule has 1 aliphatic heterocycles. The Morgan fingerprint density at radius 2 is 1.97 bits per heavy atom. The van der Waals surface area contributed by atoms with E-state index >= 15 is 0 Å². The molecule has 2 aliphatic rings. The second-order valence-electron chi connectivity index (χ2n) is 7.28. The molecule has 4 amide bonds. The number of benzene rings is 1. The van der Waals surface area contributed by atoms with E-state index in [-0.39, 0.29) is 23.8 Å². The molecule has 1 saturated carbocycles. The molecule has 1 saturated heterocycles. The van der Waals surface area contributed by atoms with E-state index < -0.39 is 29.7 Å². The van der Waals surface area contributed by atoms with Crippen LogP contribution in [0.3, 0.4) is 0 Å². The van der Waals surface area contributed by atoms with Crippen molar-refractivity contribution in [3.63, 3.8) is 0 Å². The van der Waals surface area contributed by atoms with Gasteiger partial charge in [0.1, 0.15) is 5.75 Å². The summed E-state index contributed by atoms with van der Waals surface area (Å²) in [6.45, 7) is -0.0997. The van der Waals surface area contributed by atoms with Gasteiger partial charge in [-0.1, -0.05) is 25.3 Å². The molecule has 1 aliphatic carbocycles. The Balaban J connectivity index is 1.85. The first-order valence-electron chi connectivity index (χ1n) is 9.35. The summed E-state index contributed by atoms with van der Waals surface area (Å²) < 4.78 is 46.7. The fourth-order valence-electron chi connectivity index (χ4n) is 3.72. The summed E-state index contributed by atoms with van der Waals surface area (Å²) in [6, 6.07) is 4.30. The van der Waals surface area contributed by atoms with E-state index in [1.54, 1.807) is 10.6 Å². The van der Waals surface area contributed by atoms with Gasteiger partial charge in [-0.2, -0.15) is 13.2 Å². The summed E-state index contributed by atoms with van der Waals surface area (Å²) in [5, 5.41) is 3.38. The van der Waals surface area contributed by atoms with Gasteiger partial charge >= 0.3 is 12.2 Å². The van der Waals surface area contributed by atoms with Crippen LogP contribution in [0.15, 0.2) is 24.3 Å². The van der Waals surface area contributed by atoms with Gasteiger partial charge < -0.3 is 10.1 Å². The number of ether oxygens (including phenoxy) is 1. The fraction of sp³-hybridized carbons (Fsp3) is 0.526. The van der Waals surface area contributed by atoms with Crippen molar-refractivity contribution in [2.45, 2.75) is 43.9 Å². The van der Waals surface area contributed by atoms with Gasteiger partial charge in [0.2, 0.25) is 0 Å². The highest BCUT2D eigenvalue weighted by Crippen LogP contribution is 2.35. The minimum atomic E-state index is -5.23. The number of nitrogens with one attached hydrogen (secondary N) is 2. The Bertz CT molecular complexity index is 808. The van der Waals surface area contributed by atoms with Gasteiger partial charge in [0, 0.05) is 12.1 Å². The lowest BCUT2D eigenvalue weighted by Crippen LogP contribution is -2.69. The topological polar surface area (TPSA) is 87.7 Å². The third-order valence-electron chi connectivity index (χ3n) is 5.33. The van der Waals surface area contributed by atoms with E-state index in [0.29, 0.717) is 4.90 Å². The number of alkyl halides is 3. The van der Waals surface area contributed by atoms with E-state index in [1.165, 1.54) is 31.4 Å². The molecule has 0 radical (unpaired) electrons. The second-order valence-corrected chi connectivity index (χ2v) is 7.28. The predicted octanol–water partition coefficient (Wildman–Crippen LogP) is 2.82. The lowest BCUT2D eigenvalue weighted by molar-refractivity contribution is -0.200. The quantitative estimate of drug-likeness (QED) is 0.727. The van der Waals surface area contributed by atoms with E-state index in [2.05, 4.69) is 0 Å². The van der Waals surface area contributed by atoms with Crippen LogP contribution in [0.1, 0.15) is 42.5 Å². The van der Waals surface area contributed by atoms with Crippen LogP contribution in [0.5, 0.6) is 5.75 Å². The van der Waals surface area contributed by atoms with Crippen LogP contribution in [0.4, 0.5) is 18.0 Å². The zero-order valence-corrected chi connectivity index (χ0v) is 15.8. The fourth-order valence-corrected chi connectivity index (χ4v) is 3.72. The maximum Gasteiger partial charge on any atom is 0.440 e. The van der Waals surface area contributed by atoms with Crippen molar-refractivity contribution in [2.24, 2.45) is 5.92 Å². The largest absolute Gasteiger partial charge is 0.497 e. The summed E-state index contributed by atoms with van der Waals surface area (Å²) in [5.41, 5.74) is -3.64. The van der Waals surface area contributed by atoms with Gasteiger partial charge in [0.15, 0.2) is 0 Å². The summed E-state index contributed by atoms with van der Waals surface area (Å²) in [6.07, 6.45) is -0.898. The maximum atomic E-state index is 13.9. The van der Waals surface area contributed by atoms with Gasteiger partial charge in [-0.25, -0.2) is 4.79 Å². The van der Waals surface area contributed by atoms with E-state index in [4.69, 9.17) is 4.74 Å². The molecule has 1 heterocycles. The molecule has 7 nitrogen and oxygen atoms in total. The van der Waals surface area contributed by atoms with Crippen LogP contribution in [0, 0.1) is 5.92 Å². The van der Waals surface area contributed by atoms with Crippen molar-refractivity contribution < 1.29 is 32.3 Å². The third kappa shape index (κ3) is 4.01. The summed E-state index contributed by atoms with van der Waals surface area (Å²) in [7, 11) is 1.35. The predicted molar refractivity (Wildman–Crippen MR) is 96.1 cm³/mol. The minimum Gasteiger partial charge on any atom is -0.497 e. The highest BCUT2D eigenvalue weighted by atomic mass is 19.4. The van der Waals surface area contributed by atoms with Gasteiger partial charge in [0.25, 0.3) is 17.5 Å². The normalized spacial score (nSPS) is 23.1. The van der Waals surface area contributed by atoms with Crippen molar-refractivity contribution in [3.8, 4) is 5.75 Å². The van der Waals surface area contributed by atoms with Crippen LogP contribution in [-0.2, 0) is 4.79 Å². The Hall–Kier alpha value is -2.78. The number of hydrogen-bond acceptors (Lipinski definition) is 4. The molecule has 1 aromatic carbocycles. The van der Waals surface area contributed by atoms with Crippen LogP contribution < -0.4 is 15.4 Å². The molecule has 1 atom stereocenters. The molecule has 2 fully saturated rings. The number of hydrogen-bond donors (Lipinski definition) is 2. The van der Waals surface area contributed by atoms with Crippen molar-refractivity contribution in [2.75, 3.05) is 13.7 Å². The summed E-state index contributed by atoms with van der Waals surface area (Å²) in [5.74, 6) is -2.46. The van der Waals surface area contributed by atoms with Gasteiger partial charge in [-0.15, -0.1) is 0 Å². The Morgan fingerprint density at radius 1 is 1.28 bits per heavy atom. The molecule has 0 spiro atoms. The zero-order chi connectivity index (χ0) is 21.2. The summed E-state index contributed by atoms with van der Waals surface area (Å²) in [4.78, 5) is 38.0. The van der Waals surface area contributed by atoms with Crippen LogP contribution >= 0.6 is 0 Å².